The van der Waals surface area contributed by atoms with Crippen LogP contribution < -0.4 is 5.32 Å². The SMILES string of the molecule is CN(Cc1ccccc1)S(=O)(=O)c1ccc(Cl)c(C(=O)NCCc2ccc(Cl)cc2)c1. The van der Waals surface area contributed by atoms with Crippen molar-refractivity contribution in [3.8, 4) is 0 Å². The third-order valence-corrected chi connectivity index (χ3v) is 7.13. The Hall–Kier alpha value is -2.38. The number of benzene rings is 3. The summed E-state index contributed by atoms with van der Waals surface area (Å²) in [5.41, 5.74) is 2.00. The maximum absolute atomic E-state index is 13.0. The average molecular weight is 477 g/mol. The summed E-state index contributed by atoms with van der Waals surface area (Å²) >= 11 is 12.1. The minimum atomic E-state index is -3.80. The Morgan fingerprint density at radius 3 is 2.29 bits per heavy atom. The largest absolute Gasteiger partial charge is 0.352 e. The molecule has 0 fully saturated rings. The molecule has 0 spiro atoms. The first-order chi connectivity index (χ1) is 14.8. The van der Waals surface area contributed by atoms with Crippen molar-refractivity contribution in [3.05, 3.63) is 99.5 Å². The molecule has 0 saturated carbocycles. The molecule has 0 bridgehead atoms. The van der Waals surface area contributed by atoms with Crippen LogP contribution in [0.15, 0.2) is 77.7 Å². The van der Waals surface area contributed by atoms with Crippen LogP contribution in [0.2, 0.25) is 10.0 Å². The lowest BCUT2D eigenvalue weighted by Crippen LogP contribution is -2.28. The van der Waals surface area contributed by atoms with Crippen LogP contribution in [0.1, 0.15) is 21.5 Å². The van der Waals surface area contributed by atoms with Crippen LogP contribution in [0.5, 0.6) is 0 Å². The minimum absolute atomic E-state index is 0.0122. The number of hydrogen-bond donors (Lipinski definition) is 1. The van der Waals surface area contributed by atoms with Crippen molar-refractivity contribution in [2.45, 2.75) is 17.9 Å². The van der Waals surface area contributed by atoms with E-state index < -0.39 is 15.9 Å². The lowest BCUT2D eigenvalue weighted by molar-refractivity contribution is 0.0954. The first kappa shape index (κ1) is 23.3. The highest BCUT2D eigenvalue weighted by atomic mass is 35.5. The summed E-state index contributed by atoms with van der Waals surface area (Å²) in [6.07, 6.45) is 0.609. The van der Waals surface area contributed by atoms with E-state index in [1.807, 2.05) is 42.5 Å². The number of hydrogen-bond acceptors (Lipinski definition) is 3. The molecule has 0 aliphatic rings. The summed E-state index contributed by atoms with van der Waals surface area (Å²) in [6, 6.07) is 20.8. The fourth-order valence-corrected chi connectivity index (χ4v) is 4.53. The van der Waals surface area contributed by atoms with Gasteiger partial charge in [0, 0.05) is 25.2 Å². The summed E-state index contributed by atoms with van der Waals surface area (Å²) in [5.74, 6) is -0.429. The monoisotopic (exact) mass is 476 g/mol. The molecule has 0 saturated heterocycles. The van der Waals surface area contributed by atoms with Crippen molar-refractivity contribution in [3.63, 3.8) is 0 Å². The lowest BCUT2D eigenvalue weighted by Gasteiger charge is -2.18. The van der Waals surface area contributed by atoms with E-state index in [1.165, 1.54) is 29.6 Å². The summed E-state index contributed by atoms with van der Waals surface area (Å²) in [5, 5.41) is 3.62. The first-order valence-corrected chi connectivity index (χ1v) is 11.8. The zero-order chi connectivity index (χ0) is 22.4. The van der Waals surface area contributed by atoms with Crippen LogP contribution in [0.4, 0.5) is 0 Å². The molecule has 0 unspecified atom stereocenters. The van der Waals surface area contributed by atoms with E-state index in [-0.39, 0.29) is 22.0 Å². The third-order valence-electron chi connectivity index (χ3n) is 4.75. The average Bonchev–Trinajstić information content (AvgIpc) is 2.76. The van der Waals surface area contributed by atoms with E-state index in [9.17, 15) is 13.2 Å². The molecule has 31 heavy (non-hydrogen) atoms. The van der Waals surface area contributed by atoms with Crippen LogP contribution in [0.25, 0.3) is 0 Å². The third kappa shape index (κ3) is 6.08. The Labute approximate surface area is 192 Å². The van der Waals surface area contributed by atoms with Gasteiger partial charge in [0.15, 0.2) is 0 Å². The summed E-state index contributed by atoms with van der Waals surface area (Å²) in [6.45, 7) is 0.593. The van der Waals surface area contributed by atoms with Crippen LogP contribution in [0, 0.1) is 0 Å². The van der Waals surface area contributed by atoms with Gasteiger partial charge in [-0.25, -0.2) is 8.42 Å². The van der Waals surface area contributed by atoms with Crippen molar-refractivity contribution >= 4 is 39.1 Å². The molecule has 0 aliphatic heterocycles. The van der Waals surface area contributed by atoms with Crippen LogP contribution in [-0.2, 0) is 23.0 Å². The summed E-state index contributed by atoms with van der Waals surface area (Å²) in [4.78, 5) is 12.6. The standard InChI is InChI=1S/C23H22Cl2N2O3S/c1-27(16-18-5-3-2-4-6-18)31(29,30)20-11-12-22(25)21(15-20)23(28)26-14-13-17-7-9-19(24)10-8-17/h2-12,15H,13-14,16H2,1H3,(H,26,28). The fourth-order valence-electron chi connectivity index (χ4n) is 3.01. The van der Waals surface area contributed by atoms with E-state index in [0.29, 0.717) is 18.0 Å². The molecule has 0 heterocycles. The van der Waals surface area contributed by atoms with E-state index >= 15 is 0 Å². The van der Waals surface area contributed by atoms with Gasteiger partial charge in [0.05, 0.1) is 15.5 Å². The minimum Gasteiger partial charge on any atom is -0.352 e. The van der Waals surface area contributed by atoms with E-state index in [4.69, 9.17) is 23.2 Å². The van der Waals surface area contributed by atoms with Gasteiger partial charge >= 0.3 is 0 Å². The zero-order valence-electron chi connectivity index (χ0n) is 16.9. The maximum atomic E-state index is 13.0. The van der Waals surface area contributed by atoms with Gasteiger partial charge in [-0.1, -0.05) is 65.7 Å². The van der Waals surface area contributed by atoms with Gasteiger partial charge in [0.2, 0.25) is 10.0 Å². The predicted molar refractivity (Wildman–Crippen MR) is 124 cm³/mol. The van der Waals surface area contributed by atoms with Gasteiger partial charge in [0.1, 0.15) is 0 Å². The lowest BCUT2D eigenvalue weighted by atomic mass is 10.1. The Kier molecular flexibility index (Phi) is 7.73. The summed E-state index contributed by atoms with van der Waals surface area (Å²) in [7, 11) is -2.29. The molecule has 162 valence electrons. The normalized spacial score (nSPS) is 11.5. The quantitative estimate of drug-likeness (QED) is 0.508. The topological polar surface area (TPSA) is 66.5 Å². The highest BCUT2D eigenvalue weighted by Gasteiger charge is 2.23. The smallest absolute Gasteiger partial charge is 0.252 e. The number of nitrogens with zero attached hydrogens (tertiary/aromatic N) is 1. The molecular formula is C23H22Cl2N2O3S. The van der Waals surface area contributed by atoms with E-state index in [0.717, 1.165) is 11.1 Å². The van der Waals surface area contributed by atoms with Gasteiger partial charge in [-0.15, -0.1) is 0 Å². The number of amides is 1. The van der Waals surface area contributed by atoms with Crippen LogP contribution in [0.3, 0.4) is 0 Å². The molecule has 0 aliphatic carbocycles. The van der Waals surface area contributed by atoms with Crippen molar-refractivity contribution in [2.24, 2.45) is 0 Å². The molecule has 3 rings (SSSR count). The van der Waals surface area contributed by atoms with Crippen LogP contribution in [-0.4, -0.2) is 32.2 Å². The number of sulfonamides is 1. The van der Waals surface area contributed by atoms with Gasteiger partial charge in [-0.05, 0) is 47.9 Å². The van der Waals surface area contributed by atoms with Crippen molar-refractivity contribution in [1.29, 1.82) is 0 Å². The molecule has 0 atom stereocenters. The molecule has 0 radical (unpaired) electrons. The zero-order valence-corrected chi connectivity index (χ0v) is 19.2. The molecule has 5 nitrogen and oxygen atoms in total. The Balaban J connectivity index is 1.70. The van der Waals surface area contributed by atoms with Gasteiger partial charge in [-0.2, -0.15) is 4.31 Å². The van der Waals surface area contributed by atoms with Crippen molar-refractivity contribution in [2.75, 3.05) is 13.6 Å². The molecule has 8 heteroatoms. The maximum Gasteiger partial charge on any atom is 0.252 e. The molecule has 1 amide bonds. The van der Waals surface area contributed by atoms with Crippen molar-refractivity contribution in [1.82, 2.24) is 9.62 Å². The highest BCUT2D eigenvalue weighted by Crippen LogP contribution is 2.23. The Morgan fingerprint density at radius 2 is 1.61 bits per heavy atom. The molecule has 3 aromatic rings. The summed E-state index contributed by atoms with van der Waals surface area (Å²) < 4.78 is 27.2. The second-order valence-corrected chi connectivity index (χ2v) is 9.91. The fraction of sp³-hybridized carbons (Fsp3) is 0.174. The number of carbonyl (C=O) groups excluding carboxylic acids is 1. The highest BCUT2D eigenvalue weighted by molar-refractivity contribution is 7.89. The van der Waals surface area contributed by atoms with Crippen LogP contribution >= 0.6 is 23.2 Å². The number of rotatable bonds is 8. The molecular weight excluding hydrogens is 455 g/mol. The second kappa shape index (κ2) is 10.3. The molecule has 3 aromatic carbocycles. The van der Waals surface area contributed by atoms with Gasteiger partial charge in [-0.3, -0.25) is 4.79 Å². The second-order valence-electron chi connectivity index (χ2n) is 7.02. The number of carbonyl (C=O) groups is 1. The Morgan fingerprint density at radius 1 is 0.935 bits per heavy atom. The Bertz CT molecular complexity index is 1150. The molecule has 0 aromatic heterocycles. The number of halogens is 2. The van der Waals surface area contributed by atoms with Gasteiger partial charge in [0.25, 0.3) is 5.91 Å². The molecule has 1 N–H and O–H groups in total. The predicted octanol–water partition coefficient (Wildman–Crippen LogP) is 4.79. The number of nitrogens with one attached hydrogen (secondary N) is 1. The van der Waals surface area contributed by atoms with Crippen molar-refractivity contribution < 1.29 is 13.2 Å². The first-order valence-electron chi connectivity index (χ1n) is 9.60. The van der Waals surface area contributed by atoms with Gasteiger partial charge < -0.3 is 5.32 Å². The van der Waals surface area contributed by atoms with E-state index in [2.05, 4.69) is 5.32 Å². The van der Waals surface area contributed by atoms with E-state index in [1.54, 1.807) is 12.1 Å².